The minimum atomic E-state index is 0.317. The Labute approximate surface area is 70.0 Å². The van der Waals surface area contributed by atoms with Crippen molar-refractivity contribution in [2.75, 3.05) is 13.1 Å². The van der Waals surface area contributed by atoms with E-state index in [1.54, 1.807) is 0 Å². The lowest BCUT2D eigenvalue weighted by Gasteiger charge is -1.99. The molecule has 1 atom stereocenters. The summed E-state index contributed by atoms with van der Waals surface area (Å²) in [6.45, 7) is 1.91. The van der Waals surface area contributed by atoms with Crippen LogP contribution in [0.5, 0.6) is 0 Å². The number of nitrogens with one attached hydrogen (secondary N) is 1. The Morgan fingerprint density at radius 2 is 2.67 bits per heavy atom. The van der Waals surface area contributed by atoms with E-state index >= 15 is 0 Å². The number of nitrogens with zero attached hydrogens (tertiary/aromatic N) is 1. The van der Waals surface area contributed by atoms with Gasteiger partial charge in [-0.2, -0.15) is 0 Å². The number of carbonyl (C=O) groups is 1. The molecule has 12 heavy (non-hydrogen) atoms. The molecule has 64 valence electrons. The average Bonchev–Trinajstić information content (AvgIpc) is 2.75. The molecule has 0 saturated carbocycles. The first-order valence-corrected chi connectivity index (χ1v) is 4.02. The van der Waals surface area contributed by atoms with Gasteiger partial charge in [-0.3, -0.25) is 4.79 Å². The van der Waals surface area contributed by atoms with Crippen molar-refractivity contribution in [1.82, 2.24) is 10.3 Å². The molecule has 0 aliphatic carbocycles. The van der Waals surface area contributed by atoms with E-state index in [0.717, 1.165) is 19.5 Å². The maximum Gasteiger partial charge on any atom is 0.199 e. The Bertz CT molecular complexity index is 276. The van der Waals surface area contributed by atoms with E-state index < -0.39 is 0 Å². The topological polar surface area (TPSA) is 55.1 Å². The van der Waals surface area contributed by atoms with Crippen LogP contribution in [-0.4, -0.2) is 24.4 Å². The lowest BCUT2D eigenvalue weighted by molar-refractivity contribution is 0.109. The third-order valence-electron chi connectivity index (χ3n) is 2.07. The number of rotatable bonds is 2. The summed E-state index contributed by atoms with van der Waals surface area (Å²) in [6, 6.07) is 0. The largest absolute Gasteiger partial charge is 0.438 e. The Balaban J connectivity index is 2.16. The van der Waals surface area contributed by atoms with Gasteiger partial charge in [-0.05, 0) is 13.0 Å². The normalized spacial score (nSPS) is 22.8. The molecule has 1 saturated heterocycles. The molecule has 0 aromatic carbocycles. The van der Waals surface area contributed by atoms with Crippen molar-refractivity contribution in [2.24, 2.45) is 0 Å². The highest BCUT2D eigenvalue weighted by atomic mass is 16.4. The summed E-state index contributed by atoms with van der Waals surface area (Å²) in [5.41, 5.74) is 0. The third-order valence-corrected chi connectivity index (χ3v) is 2.07. The van der Waals surface area contributed by atoms with Crippen LogP contribution in [0, 0.1) is 0 Å². The SMILES string of the molecule is O=Cc1cnc(C2CCNC2)o1. The second-order valence-electron chi connectivity index (χ2n) is 2.91. The predicted molar refractivity (Wildman–Crippen MR) is 42.1 cm³/mol. The average molecular weight is 166 g/mol. The number of hydrogen-bond acceptors (Lipinski definition) is 4. The van der Waals surface area contributed by atoms with Gasteiger partial charge in [0.15, 0.2) is 17.9 Å². The fourth-order valence-corrected chi connectivity index (χ4v) is 1.41. The van der Waals surface area contributed by atoms with Gasteiger partial charge in [-0.1, -0.05) is 0 Å². The van der Waals surface area contributed by atoms with Crippen molar-refractivity contribution in [3.8, 4) is 0 Å². The van der Waals surface area contributed by atoms with Crippen LogP contribution in [0.3, 0.4) is 0 Å². The summed E-state index contributed by atoms with van der Waals surface area (Å²) >= 11 is 0. The van der Waals surface area contributed by atoms with Crippen LogP contribution >= 0.6 is 0 Å². The predicted octanol–water partition coefficient (Wildman–Crippen LogP) is 0.564. The van der Waals surface area contributed by atoms with E-state index in [1.165, 1.54) is 6.20 Å². The summed E-state index contributed by atoms with van der Waals surface area (Å²) in [5, 5.41) is 3.21. The molecule has 1 aliphatic rings. The van der Waals surface area contributed by atoms with Crippen LogP contribution in [0.4, 0.5) is 0 Å². The number of carbonyl (C=O) groups excluding carboxylic acids is 1. The molecular weight excluding hydrogens is 156 g/mol. The van der Waals surface area contributed by atoms with Crippen molar-refractivity contribution in [1.29, 1.82) is 0 Å². The minimum Gasteiger partial charge on any atom is -0.438 e. The van der Waals surface area contributed by atoms with Gasteiger partial charge in [0.05, 0.1) is 6.20 Å². The van der Waals surface area contributed by atoms with Crippen LogP contribution in [0.25, 0.3) is 0 Å². The number of hydrogen-bond donors (Lipinski definition) is 1. The Kier molecular flexibility index (Phi) is 1.91. The van der Waals surface area contributed by atoms with Crippen LogP contribution in [0.1, 0.15) is 28.8 Å². The van der Waals surface area contributed by atoms with Gasteiger partial charge in [0, 0.05) is 12.5 Å². The molecule has 0 radical (unpaired) electrons. The number of aldehydes is 1. The summed E-state index contributed by atoms with van der Waals surface area (Å²) in [7, 11) is 0. The number of oxazole rings is 1. The van der Waals surface area contributed by atoms with E-state index in [9.17, 15) is 4.79 Å². The Morgan fingerprint density at radius 1 is 1.75 bits per heavy atom. The van der Waals surface area contributed by atoms with E-state index in [1.807, 2.05) is 0 Å². The molecular formula is C8H10N2O2. The smallest absolute Gasteiger partial charge is 0.199 e. The zero-order chi connectivity index (χ0) is 8.39. The molecule has 1 unspecified atom stereocenters. The Morgan fingerprint density at radius 3 is 3.25 bits per heavy atom. The molecule has 1 N–H and O–H groups in total. The highest BCUT2D eigenvalue weighted by Gasteiger charge is 2.21. The second-order valence-corrected chi connectivity index (χ2v) is 2.91. The van der Waals surface area contributed by atoms with Crippen molar-refractivity contribution in [3.05, 3.63) is 17.8 Å². The molecule has 0 spiro atoms. The summed E-state index contributed by atoms with van der Waals surface area (Å²) < 4.78 is 5.20. The summed E-state index contributed by atoms with van der Waals surface area (Å²) in [6.07, 6.45) is 3.19. The molecule has 1 fully saturated rings. The molecule has 4 heteroatoms. The molecule has 2 heterocycles. The molecule has 1 aliphatic heterocycles. The second kappa shape index (κ2) is 3.06. The monoisotopic (exact) mass is 166 g/mol. The van der Waals surface area contributed by atoms with Crippen LogP contribution in [-0.2, 0) is 0 Å². The van der Waals surface area contributed by atoms with E-state index in [2.05, 4.69) is 10.3 Å². The maximum atomic E-state index is 10.3. The van der Waals surface area contributed by atoms with Gasteiger partial charge in [-0.25, -0.2) is 4.98 Å². The summed E-state index contributed by atoms with van der Waals surface area (Å²) in [5.74, 6) is 1.35. The fourth-order valence-electron chi connectivity index (χ4n) is 1.41. The molecule has 2 rings (SSSR count). The van der Waals surface area contributed by atoms with Gasteiger partial charge in [0.2, 0.25) is 0 Å². The quantitative estimate of drug-likeness (QED) is 0.652. The maximum absolute atomic E-state index is 10.3. The minimum absolute atomic E-state index is 0.317. The number of aromatic nitrogens is 1. The van der Waals surface area contributed by atoms with Gasteiger partial charge >= 0.3 is 0 Å². The van der Waals surface area contributed by atoms with Crippen molar-refractivity contribution in [3.63, 3.8) is 0 Å². The van der Waals surface area contributed by atoms with Crippen molar-refractivity contribution < 1.29 is 9.21 Å². The molecule has 1 aromatic rings. The van der Waals surface area contributed by atoms with Crippen molar-refractivity contribution in [2.45, 2.75) is 12.3 Å². The highest BCUT2D eigenvalue weighted by molar-refractivity contribution is 5.69. The van der Waals surface area contributed by atoms with Gasteiger partial charge in [0.1, 0.15) is 0 Å². The molecule has 0 amide bonds. The van der Waals surface area contributed by atoms with Gasteiger partial charge < -0.3 is 9.73 Å². The molecule has 0 bridgehead atoms. The van der Waals surface area contributed by atoms with E-state index in [0.29, 0.717) is 23.9 Å². The van der Waals surface area contributed by atoms with Crippen molar-refractivity contribution >= 4 is 6.29 Å². The van der Waals surface area contributed by atoms with Crippen LogP contribution in [0.2, 0.25) is 0 Å². The highest BCUT2D eigenvalue weighted by Crippen LogP contribution is 2.20. The lowest BCUT2D eigenvalue weighted by atomic mass is 10.1. The van der Waals surface area contributed by atoms with Gasteiger partial charge in [0.25, 0.3) is 0 Å². The first-order valence-electron chi connectivity index (χ1n) is 4.02. The standard InChI is InChI=1S/C8H10N2O2/c11-5-7-4-10-8(12-7)6-1-2-9-3-6/h4-6,9H,1-3H2. The molecule has 1 aromatic heterocycles. The first kappa shape index (κ1) is 7.49. The lowest BCUT2D eigenvalue weighted by Crippen LogP contribution is -2.07. The van der Waals surface area contributed by atoms with E-state index in [4.69, 9.17) is 4.42 Å². The van der Waals surface area contributed by atoms with Crippen LogP contribution < -0.4 is 5.32 Å². The zero-order valence-corrected chi connectivity index (χ0v) is 6.62. The third kappa shape index (κ3) is 1.25. The van der Waals surface area contributed by atoms with Gasteiger partial charge in [-0.15, -0.1) is 0 Å². The first-order chi connectivity index (χ1) is 5.90. The Hall–Kier alpha value is -1.16. The zero-order valence-electron chi connectivity index (χ0n) is 6.62. The fraction of sp³-hybridized carbons (Fsp3) is 0.500. The summed E-state index contributed by atoms with van der Waals surface area (Å²) in [4.78, 5) is 14.3. The molecule has 4 nitrogen and oxygen atoms in total. The van der Waals surface area contributed by atoms with Crippen LogP contribution in [0.15, 0.2) is 10.6 Å². The van der Waals surface area contributed by atoms with E-state index in [-0.39, 0.29) is 0 Å².